The molecule has 0 atom stereocenters. The maximum absolute atomic E-state index is 14.4. The van der Waals surface area contributed by atoms with Crippen molar-refractivity contribution in [3.63, 3.8) is 0 Å². The molecule has 3 aliphatic heterocycles. The number of carbonyl (C=O) groups excluding carboxylic acids is 1. The third-order valence-electron chi connectivity index (χ3n) is 6.85. The van der Waals surface area contributed by atoms with Gasteiger partial charge in [0, 0.05) is 43.7 Å². The summed E-state index contributed by atoms with van der Waals surface area (Å²) in [5, 5.41) is 2.76. The monoisotopic (exact) mass is 447 g/mol. The number of amides is 1. The highest BCUT2D eigenvalue weighted by Gasteiger charge is 2.50. The van der Waals surface area contributed by atoms with Gasteiger partial charge in [0.2, 0.25) is 0 Å². The van der Waals surface area contributed by atoms with Crippen molar-refractivity contribution < 1.29 is 13.6 Å². The van der Waals surface area contributed by atoms with Crippen molar-refractivity contribution in [2.24, 2.45) is 5.41 Å². The van der Waals surface area contributed by atoms with Crippen LogP contribution in [0.4, 0.5) is 14.5 Å². The molecule has 3 aromatic rings. The maximum atomic E-state index is 14.4. The Balaban J connectivity index is 1.28. The summed E-state index contributed by atoms with van der Waals surface area (Å²) < 4.78 is 28.8. The van der Waals surface area contributed by atoms with E-state index < -0.39 is 11.6 Å². The van der Waals surface area contributed by atoms with Crippen molar-refractivity contribution in [1.82, 2.24) is 20.2 Å². The summed E-state index contributed by atoms with van der Waals surface area (Å²) in [6.45, 7) is 4.63. The highest BCUT2D eigenvalue weighted by molar-refractivity contribution is 5.99. The number of pyridine rings is 2. The minimum Gasteiger partial charge on any atom is -0.369 e. The lowest BCUT2D eigenvalue weighted by Crippen LogP contribution is -2.71. The average Bonchev–Trinajstić information content (AvgIpc) is 3.11. The Morgan fingerprint density at radius 3 is 2.48 bits per heavy atom. The zero-order valence-corrected chi connectivity index (χ0v) is 18.2. The summed E-state index contributed by atoms with van der Waals surface area (Å²) in [6, 6.07) is 9.35. The molecule has 6 rings (SSSR count). The molecule has 1 N–H and O–H groups in total. The lowest BCUT2D eigenvalue weighted by molar-refractivity contribution is -0.00242. The second-order valence-electron chi connectivity index (χ2n) is 9.48. The van der Waals surface area contributed by atoms with E-state index >= 15 is 0 Å². The molecule has 2 saturated heterocycles. The van der Waals surface area contributed by atoms with Gasteiger partial charge in [-0.25, -0.2) is 13.8 Å². The van der Waals surface area contributed by atoms with Gasteiger partial charge in [-0.1, -0.05) is 6.07 Å². The van der Waals surface area contributed by atoms with Crippen LogP contribution in [0.2, 0.25) is 0 Å². The first-order valence-corrected chi connectivity index (χ1v) is 11.0. The standard InChI is InChI=1S/C25H23F2N5O/c1-31-11-25(12-31)13-32(14-25)17-6-5-16(28-9-17)7-15-8-20(23-18(26)3-2-4-19(23)27)30-21-10-29-24(33)22(15)21/h2-6,8-9H,7,10-14H2,1H3,(H,29,33). The van der Waals surface area contributed by atoms with E-state index in [1.54, 1.807) is 6.07 Å². The van der Waals surface area contributed by atoms with E-state index in [0.29, 0.717) is 28.7 Å². The molecule has 33 heavy (non-hydrogen) atoms. The first-order chi connectivity index (χ1) is 15.9. The number of hydrogen-bond donors (Lipinski definition) is 1. The van der Waals surface area contributed by atoms with Crippen LogP contribution in [0.3, 0.4) is 0 Å². The van der Waals surface area contributed by atoms with Gasteiger partial charge in [-0.15, -0.1) is 0 Å². The summed E-state index contributed by atoms with van der Waals surface area (Å²) in [6.07, 6.45) is 2.24. The fourth-order valence-electron chi connectivity index (χ4n) is 5.47. The van der Waals surface area contributed by atoms with Gasteiger partial charge in [0.05, 0.1) is 40.9 Å². The molecule has 3 aliphatic rings. The largest absolute Gasteiger partial charge is 0.369 e. The van der Waals surface area contributed by atoms with Crippen molar-refractivity contribution in [1.29, 1.82) is 0 Å². The van der Waals surface area contributed by atoms with Crippen LogP contribution < -0.4 is 10.2 Å². The molecule has 2 fully saturated rings. The van der Waals surface area contributed by atoms with Crippen LogP contribution in [0, 0.1) is 17.0 Å². The molecule has 0 radical (unpaired) electrons. The summed E-state index contributed by atoms with van der Waals surface area (Å²) in [4.78, 5) is 26.1. The first kappa shape index (κ1) is 20.2. The molecule has 0 bridgehead atoms. The Morgan fingerprint density at radius 2 is 1.82 bits per heavy atom. The van der Waals surface area contributed by atoms with Gasteiger partial charge in [-0.3, -0.25) is 9.78 Å². The molecular formula is C25H23F2N5O. The van der Waals surface area contributed by atoms with Gasteiger partial charge in [-0.05, 0) is 42.9 Å². The van der Waals surface area contributed by atoms with Gasteiger partial charge in [-0.2, -0.15) is 0 Å². The molecule has 0 unspecified atom stereocenters. The molecule has 2 aromatic heterocycles. The molecule has 5 heterocycles. The molecule has 1 aromatic carbocycles. The molecule has 1 amide bonds. The van der Waals surface area contributed by atoms with Crippen LogP contribution in [0.1, 0.15) is 27.3 Å². The number of carbonyl (C=O) groups is 1. The van der Waals surface area contributed by atoms with Crippen molar-refractivity contribution in [3.05, 3.63) is 76.7 Å². The number of fused-ring (bicyclic) bond motifs is 1. The lowest BCUT2D eigenvalue weighted by Gasteiger charge is -2.60. The van der Waals surface area contributed by atoms with E-state index in [1.165, 1.54) is 18.2 Å². The number of benzene rings is 1. The Hall–Kier alpha value is -3.39. The SMILES string of the molecule is CN1CC2(C1)CN(c1ccc(Cc3cc(-c4c(F)cccc4F)nc4c3C(=O)NC4)nc1)C2. The normalized spacial score (nSPS) is 18.6. The molecule has 0 aliphatic carbocycles. The molecule has 168 valence electrons. The molecule has 0 saturated carbocycles. The highest BCUT2D eigenvalue weighted by Crippen LogP contribution is 2.41. The van der Waals surface area contributed by atoms with E-state index in [2.05, 4.69) is 38.2 Å². The van der Waals surface area contributed by atoms with E-state index in [9.17, 15) is 13.6 Å². The van der Waals surface area contributed by atoms with Crippen LogP contribution in [0.25, 0.3) is 11.3 Å². The van der Waals surface area contributed by atoms with Gasteiger partial charge in [0.15, 0.2) is 0 Å². The predicted molar refractivity (Wildman–Crippen MR) is 120 cm³/mol. The number of rotatable bonds is 4. The Bertz CT molecular complexity index is 1240. The van der Waals surface area contributed by atoms with Crippen LogP contribution in [0.15, 0.2) is 42.6 Å². The van der Waals surface area contributed by atoms with Gasteiger partial charge in [0.25, 0.3) is 5.91 Å². The second kappa shape index (κ2) is 7.31. The Morgan fingerprint density at radius 1 is 1.06 bits per heavy atom. The Labute approximate surface area is 190 Å². The second-order valence-corrected chi connectivity index (χ2v) is 9.48. The third-order valence-corrected chi connectivity index (χ3v) is 6.85. The van der Waals surface area contributed by atoms with Crippen LogP contribution >= 0.6 is 0 Å². The van der Waals surface area contributed by atoms with Gasteiger partial charge < -0.3 is 15.1 Å². The number of likely N-dealkylation sites (tertiary alicyclic amines) is 1. The zero-order valence-electron chi connectivity index (χ0n) is 18.2. The highest BCUT2D eigenvalue weighted by atomic mass is 19.1. The average molecular weight is 447 g/mol. The van der Waals surface area contributed by atoms with E-state index in [0.717, 1.165) is 37.6 Å². The van der Waals surface area contributed by atoms with Crippen molar-refractivity contribution >= 4 is 11.6 Å². The first-order valence-electron chi connectivity index (χ1n) is 11.0. The molecular weight excluding hydrogens is 424 g/mol. The summed E-state index contributed by atoms with van der Waals surface area (Å²) >= 11 is 0. The summed E-state index contributed by atoms with van der Waals surface area (Å²) in [5.41, 5.74) is 3.95. The van der Waals surface area contributed by atoms with Crippen LogP contribution in [-0.2, 0) is 13.0 Å². The number of hydrogen-bond acceptors (Lipinski definition) is 5. The van der Waals surface area contributed by atoms with Crippen molar-refractivity contribution in [2.45, 2.75) is 13.0 Å². The maximum Gasteiger partial charge on any atom is 0.253 e. The predicted octanol–water partition coefficient (Wildman–Crippen LogP) is 3.01. The number of nitrogens with one attached hydrogen (secondary N) is 1. The van der Waals surface area contributed by atoms with E-state index in [4.69, 9.17) is 0 Å². The fraction of sp³-hybridized carbons (Fsp3) is 0.320. The third kappa shape index (κ3) is 3.36. The topological polar surface area (TPSA) is 61.4 Å². The molecule has 6 nitrogen and oxygen atoms in total. The van der Waals surface area contributed by atoms with Crippen molar-refractivity contribution in [2.75, 3.05) is 38.1 Å². The minimum atomic E-state index is -0.682. The zero-order chi connectivity index (χ0) is 22.7. The number of anilines is 1. The van der Waals surface area contributed by atoms with Gasteiger partial charge >= 0.3 is 0 Å². The number of halogens is 2. The minimum absolute atomic E-state index is 0.183. The van der Waals surface area contributed by atoms with E-state index in [-0.39, 0.29) is 23.7 Å². The number of aromatic nitrogens is 2. The van der Waals surface area contributed by atoms with E-state index in [1.807, 2.05) is 12.3 Å². The smallest absolute Gasteiger partial charge is 0.253 e. The Kier molecular flexibility index (Phi) is 4.48. The fourth-order valence-corrected chi connectivity index (χ4v) is 5.47. The van der Waals surface area contributed by atoms with Crippen LogP contribution in [0.5, 0.6) is 0 Å². The van der Waals surface area contributed by atoms with Crippen molar-refractivity contribution in [3.8, 4) is 11.3 Å². The van der Waals surface area contributed by atoms with Crippen LogP contribution in [-0.4, -0.2) is 54.0 Å². The summed E-state index contributed by atoms with van der Waals surface area (Å²) in [7, 11) is 2.15. The quantitative estimate of drug-likeness (QED) is 0.666. The van der Waals surface area contributed by atoms with Gasteiger partial charge in [0.1, 0.15) is 11.6 Å². The number of nitrogens with zero attached hydrogens (tertiary/aromatic N) is 4. The molecule has 1 spiro atoms. The summed E-state index contributed by atoms with van der Waals surface area (Å²) in [5.74, 6) is -1.59. The lowest BCUT2D eigenvalue weighted by atomic mass is 9.73. The molecule has 8 heteroatoms.